The molecule has 3 saturated heterocycles. The molecule has 0 unspecified atom stereocenters. The van der Waals surface area contributed by atoms with Crippen molar-refractivity contribution in [3.05, 3.63) is 0 Å². The molecule has 3 heterocycles. The van der Waals surface area contributed by atoms with Crippen LogP contribution in [0.4, 0.5) is 0 Å². The predicted molar refractivity (Wildman–Crippen MR) is 89.1 cm³/mol. The fourth-order valence-corrected chi connectivity index (χ4v) is 5.41. The van der Waals surface area contributed by atoms with Crippen LogP contribution in [0.2, 0.25) is 0 Å². The molecule has 1 spiro atoms. The molecule has 3 fully saturated rings. The number of nitrogens with zero attached hydrogens (tertiary/aromatic N) is 2. The molecule has 8 heteroatoms. The van der Waals surface area contributed by atoms with E-state index in [4.69, 9.17) is 9.47 Å². The smallest absolute Gasteiger partial charge is 0.248 e. The summed E-state index contributed by atoms with van der Waals surface area (Å²) in [5.74, 6) is 0.252. The van der Waals surface area contributed by atoms with Crippen molar-refractivity contribution in [3.63, 3.8) is 0 Å². The number of hydrogen-bond donors (Lipinski definition) is 0. The molecule has 0 aromatic heterocycles. The molecule has 0 bridgehead atoms. The van der Waals surface area contributed by atoms with E-state index in [9.17, 15) is 13.2 Å². The molecule has 0 aromatic carbocycles. The largest absolute Gasteiger partial charge is 0.372 e. The molecule has 0 radical (unpaired) electrons. The van der Waals surface area contributed by atoms with Gasteiger partial charge < -0.3 is 14.4 Å². The van der Waals surface area contributed by atoms with Crippen LogP contribution in [0.15, 0.2) is 0 Å². The van der Waals surface area contributed by atoms with Gasteiger partial charge in [0.2, 0.25) is 15.9 Å². The molecular formula is C16H28N2O5S. The molecule has 0 N–H and O–H groups in total. The standard InChI is InChI=1S/C16H28N2O5S/c1-2-9-24(20,21)18-12-16(13-18)10-14(5-8-23-16)22-11-15(19)17-6-3-4-7-17/h14H,2-13H2,1H3/t14-/m0/s1. The molecule has 3 rings (SSSR count). The maximum absolute atomic E-state index is 12.1. The van der Waals surface area contributed by atoms with Crippen molar-refractivity contribution in [2.75, 3.05) is 45.1 Å². The topological polar surface area (TPSA) is 76.2 Å². The van der Waals surface area contributed by atoms with Crippen molar-refractivity contribution in [2.45, 2.75) is 50.7 Å². The van der Waals surface area contributed by atoms with Gasteiger partial charge in [0, 0.05) is 39.2 Å². The van der Waals surface area contributed by atoms with Gasteiger partial charge in [-0.3, -0.25) is 4.79 Å². The SMILES string of the molecule is CCCS(=O)(=O)N1CC2(C[C@@H](OCC(=O)N3CCCC3)CCO2)C1. The molecule has 0 aromatic rings. The highest BCUT2D eigenvalue weighted by molar-refractivity contribution is 7.89. The zero-order valence-electron chi connectivity index (χ0n) is 14.4. The van der Waals surface area contributed by atoms with Crippen molar-refractivity contribution in [1.29, 1.82) is 0 Å². The van der Waals surface area contributed by atoms with E-state index in [0.29, 0.717) is 32.5 Å². The molecule has 1 amide bonds. The van der Waals surface area contributed by atoms with Gasteiger partial charge in [-0.15, -0.1) is 0 Å². The van der Waals surface area contributed by atoms with Gasteiger partial charge in [-0.05, 0) is 25.7 Å². The first kappa shape index (κ1) is 18.1. The van der Waals surface area contributed by atoms with Gasteiger partial charge in [0.15, 0.2) is 0 Å². The van der Waals surface area contributed by atoms with Gasteiger partial charge in [0.25, 0.3) is 0 Å². The molecule has 1 atom stereocenters. The monoisotopic (exact) mass is 360 g/mol. The van der Waals surface area contributed by atoms with E-state index >= 15 is 0 Å². The normalized spacial score (nSPS) is 27.4. The number of sulfonamides is 1. The van der Waals surface area contributed by atoms with Crippen LogP contribution in [-0.2, 0) is 24.3 Å². The Bertz CT molecular complexity index is 553. The number of rotatable bonds is 6. The molecule has 24 heavy (non-hydrogen) atoms. The Morgan fingerprint density at radius 3 is 2.67 bits per heavy atom. The summed E-state index contributed by atoms with van der Waals surface area (Å²) in [5, 5.41) is 0. The van der Waals surface area contributed by atoms with Crippen LogP contribution in [0.3, 0.4) is 0 Å². The third-order valence-electron chi connectivity index (χ3n) is 5.13. The summed E-state index contributed by atoms with van der Waals surface area (Å²) in [6.07, 6.45) is 4.18. The van der Waals surface area contributed by atoms with E-state index in [2.05, 4.69) is 0 Å². The van der Waals surface area contributed by atoms with Crippen molar-refractivity contribution in [2.24, 2.45) is 0 Å². The minimum absolute atomic E-state index is 0.0265. The first-order valence-corrected chi connectivity index (χ1v) is 10.6. The highest BCUT2D eigenvalue weighted by Gasteiger charge is 2.51. The lowest BCUT2D eigenvalue weighted by atomic mass is 9.86. The number of likely N-dealkylation sites (tertiary alicyclic amines) is 1. The second-order valence-electron chi connectivity index (χ2n) is 7.13. The van der Waals surface area contributed by atoms with Crippen LogP contribution < -0.4 is 0 Å². The molecule has 3 aliphatic rings. The first-order valence-electron chi connectivity index (χ1n) is 8.95. The minimum Gasteiger partial charge on any atom is -0.372 e. The molecule has 3 aliphatic heterocycles. The number of hydrogen-bond acceptors (Lipinski definition) is 5. The van der Waals surface area contributed by atoms with Crippen molar-refractivity contribution >= 4 is 15.9 Å². The summed E-state index contributed by atoms with van der Waals surface area (Å²) in [7, 11) is -3.15. The summed E-state index contributed by atoms with van der Waals surface area (Å²) >= 11 is 0. The second-order valence-corrected chi connectivity index (χ2v) is 9.22. The lowest BCUT2D eigenvalue weighted by Crippen LogP contribution is -2.67. The van der Waals surface area contributed by atoms with E-state index in [1.165, 1.54) is 4.31 Å². The zero-order chi connectivity index (χ0) is 17.2. The Balaban J connectivity index is 1.46. The quantitative estimate of drug-likeness (QED) is 0.693. The Kier molecular flexibility index (Phi) is 5.48. The summed E-state index contributed by atoms with van der Waals surface area (Å²) < 4.78 is 37.3. The number of amides is 1. The van der Waals surface area contributed by atoms with Crippen LogP contribution in [0.1, 0.15) is 39.0 Å². The van der Waals surface area contributed by atoms with E-state index < -0.39 is 15.6 Å². The molecule has 138 valence electrons. The summed E-state index contributed by atoms with van der Waals surface area (Å²) in [5.41, 5.74) is -0.416. The number of carbonyl (C=O) groups excluding carboxylic acids is 1. The first-order chi connectivity index (χ1) is 11.4. The Labute approximate surface area is 144 Å². The molecule has 0 saturated carbocycles. The van der Waals surface area contributed by atoms with Crippen molar-refractivity contribution in [1.82, 2.24) is 9.21 Å². The number of carbonyl (C=O) groups is 1. The van der Waals surface area contributed by atoms with Gasteiger partial charge in [-0.25, -0.2) is 8.42 Å². The van der Waals surface area contributed by atoms with Crippen LogP contribution >= 0.6 is 0 Å². The highest BCUT2D eigenvalue weighted by Crippen LogP contribution is 2.37. The Morgan fingerprint density at radius 1 is 1.29 bits per heavy atom. The molecule has 7 nitrogen and oxygen atoms in total. The van der Waals surface area contributed by atoms with E-state index in [1.807, 2.05) is 11.8 Å². The van der Waals surface area contributed by atoms with Crippen molar-refractivity contribution < 1.29 is 22.7 Å². The lowest BCUT2D eigenvalue weighted by Gasteiger charge is -2.52. The van der Waals surface area contributed by atoms with Gasteiger partial charge >= 0.3 is 0 Å². The van der Waals surface area contributed by atoms with Gasteiger partial charge in [-0.2, -0.15) is 4.31 Å². The van der Waals surface area contributed by atoms with Crippen molar-refractivity contribution in [3.8, 4) is 0 Å². The molecular weight excluding hydrogens is 332 g/mol. The summed E-state index contributed by atoms with van der Waals surface area (Å²) in [6.45, 7) is 5.05. The van der Waals surface area contributed by atoms with E-state index in [0.717, 1.165) is 32.4 Å². The van der Waals surface area contributed by atoms with E-state index in [-0.39, 0.29) is 24.4 Å². The fourth-order valence-electron chi connectivity index (χ4n) is 3.77. The average molecular weight is 360 g/mol. The number of ether oxygens (including phenoxy) is 2. The van der Waals surface area contributed by atoms with Crippen LogP contribution in [0.25, 0.3) is 0 Å². The average Bonchev–Trinajstić information content (AvgIpc) is 3.05. The fraction of sp³-hybridized carbons (Fsp3) is 0.938. The maximum Gasteiger partial charge on any atom is 0.248 e. The third-order valence-corrected chi connectivity index (χ3v) is 7.10. The van der Waals surface area contributed by atoms with E-state index in [1.54, 1.807) is 0 Å². The third kappa shape index (κ3) is 3.92. The Hall–Kier alpha value is -0.700. The lowest BCUT2D eigenvalue weighted by molar-refractivity contribution is -0.181. The predicted octanol–water partition coefficient (Wildman–Crippen LogP) is 0.599. The summed E-state index contributed by atoms with van der Waals surface area (Å²) in [4.78, 5) is 13.9. The zero-order valence-corrected chi connectivity index (χ0v) is 15.2. The van der Waals surface area contributed by atoms with Crippen LogP contribution in [0.5, 0.6) is 0 Å². The second kappa shape index (κ2) is 7.27. The maximum atomic E-state index is 12.1. The van der Waals surface area contributed by atoms with Crippen LogP contribution in [-0.4, -0.2) is 80.4 Å². The van der Waals surface area contributed by atoms with Gasteiger partial charge in [0.05, 0.1) is 17.5 Å². The summed E-state index contributed by atoms with van der Waals surface area (Å²) in [6, 6.07) is 0. The Morgan fingerprint density at radius 2 is 2.00 bits per heavy atom. The minimum atomic E-state index is -3.15. The van der Waals surface area contributed by atoms with Crippen LogP contribution in [0, 0.1) is 0 Å². The van der Waals surface area contributed by atoms with Gasteiger partial charge in [0.1, 0.15) is 6.61 Å². The molecule has 0 aliphatic carbocycles. The highest BCUT2D eigenvalue weighted by atomic mass is 32.2. The van der Waals surface area contributed by atoms with Gasteiger partial charge in [-0.1, -0.05) is 6.92 Å².